The van der Waals surface area contributed by atoms with Crippen LogP contribution in [-0.4, -0.2) is 49.8 Å². The summed E-state index contributed by atoms with van der Waals surface area (Å²) in [6.07, 6.45) is -2.63. The van der Waals surface area contributed by atoms with Crippen LogP contribution in [0.25, 0.3) is 0 Å². The van der Waals surface area contributed by atoms with Crippen LogP contribution in [-0.2, 0) is 4.74 Å². The Hall–Kier alpha value is -0.580. The molecule has 100 valence electrons. The van der Waals surface area contributed by atoms with Crippen LogP contribution in [0.1, 0.15) is 6.23 Å². The fraction of sp³-hybridized carbons (Fsp3) is 0.556. The number of nitrogens with two attached hydrogens (primary N) is 1. The van der Waals surface area contributed by atoms with Crippen LogP contribution in [0.3, 0.4) is 0 Å². The molecule has 5 N–H and O–H groups in total. The number of ether oxygens (including phenoxy) is 1. The molecule has 0 aliphatic carbocycles. The molecule has 0 bridgehead atoms. The fourth-order valence-electron chi connectivity index (χ4n) is 1.75. The van der Waals surface area contributed by atoms with Crippen LogP contribution in [0.2, 0.25) is 0 Å². The van der Waals surface area contributed by atoms with E-state index in [1.165, 1.54) is 10.8 Å². The van der Waals surface area contributed by atoms with Crippen molar-refractivity contribution in [3.8, 4) is 0 Å². The zero-order chi connectivity index (χ0) is 13.4. The average molecular weight is 338 g/mol. The Bertz CT molecular complexity index is 511. The molecule has 1 aliphatic heterocycles. The first-order valence-electron chi connectivity index (χ1n) is 5.12. The maximum atomic E-state index is 9.87. The predicted octanol–water partition coefficient (Wildman–Crippen LogP) is -0.431. The highest BCUT2D eigenvalue weighted by Crippen LogP contribution is 2.30. The predicted molar refractivity (Wildman–Crippen MR) is 68.2 cm³/mol. The number of anilines is 1. The molecule has 1 aliphatic rings. The summed E-state index contributed by atoms with van der Waals surface area (Å²) in [7, 11) is 0. The first kappa shape index (κ1) is 13.8. The first-order valence-corrected chi connectivity index (χ1v) is 6.32. The van der Waals surface area contributed by atoms with Gasteiger partial charge in [-0.1, -0.05) is 0 Å². The molecule has 1 aromatic rings. The van der Waals surface area contributed by atoms with E-state index in [0.29, 0.717) is 4.47 Å². The van der Waals surface area contributed by atoms with Gasteiger partial charge in [0.1, 0.15) is 24.1 Å². The number of nitrogens with zero attached hydrogens (tertiary/aromatic N) is 2. The van der Waals surface area contributed by atoms with Gasteiger partial charge >= 0.3 is 0 Å². The van der Waals surface area contributed by atoms with Gasteiger partial charge in [0, 0.05) is 6.20 Å². The number of halogens is 1. The van der Waals surface area contributed by atoms with E-state index in [9.17, 15) is 10.2 Å². The highest BCUT2D eigenvalue weighted by Gasteiger charge is 2.43. The SMILES string of the molecule is Nc1nc(=S)n([C@@H]2O[C@H](CO)[C@@H](O)[C@H]2O)cc1Br. The van der Waals surface area contributed by atoms with Crippen LogP contribution in [0.4, 0.5) is 5.82 Å². The fourth-order valence-corrected chi connectivity index (χ4v) is 2.31. The molecule has 0 unspecified atom stereocenters. The van der Waals surface area contributed by atoms with Gasteiger partial charge in [-0.15, -0.1) is 0 Å². The van der Waals surface area contributed by atoms with E-state index >= 15 is 0 Å². The summed E-state index contributed by atoms with van der Waals surface area (Å²) in [6.45, 7) is -0.397. The Labute approximate surface area is 116 Å². The highest BCUT2D eigenvalue weighted by atomic mass is 79.9. The Morgan fingerprint density at radius 3 is 2.72 bits per heavy atom. The molecule has 18 heavy (non-hydrogen) atoms. The summed E-state index contributed by atoms with van der Waals surface area (Å²) in [6, 6.07) is 0. The van der Waals surface area contributed by atoms with Gasteiger partial charge in [-0.3, -0.25) is 4.57 Å². The van der Waals surface area contributed by atoms with Crippen LogP contribution >= 0.6 is 28.1 Å². The van der Waals surface area contributed by atoms with Crippen molar-refractivity contribution < 1.29 is 20.1 Å². The van der Waals surface area contributed by atoms with Crippen molar-refractivity contribution >= 4 is 34.0 Å². The Morgan fingerprint density at radius 1 is 1.50 bits per heavy atom. The third-order valence-electron chi connectivity index (χ3n) is 2.73. The summed E-state index contributed by atoms with van der Waals surface area (Å²) < 4.78 is 7.33. The van der Waals surface area contributed by atoms with Gasteiger partial charge in [-0.25, -0.2) is 4.98 Å². The number of hydrogen-bond acceptors (Lipinski definition) is 7. The lowest BCUT2D eigenvalue weighted by atomic mass is 10.1. The van der Waals surface area contributed by atoms with E-state index in [1.54, 1.807) is 0 Å². The van der Waals surface area contributed by atoms with Crippen LogP contribution in [0, 0.1) is 4.77 Å². The van der Waals surface area contributed by atoms with E-state index in [2.05, 4.69) is 20.9 Å². The Morgan fingerprint density at radius 2 is 2.17 bits per heavy atom. The van der Waals surface area contributed by atoms with Gasteiger partial charge in [0.2, 0.25) is 4.77 Å². The third kappa shape index (κ3) is 2.29. The monoisotopic (exact) mass is 337 g/mol. The molecule has 2 heterocycles. The quantitative estimate of drug-likeness (QED) is 0.541. The smallest absolute Gasteiger partial charge is 0.203 e. The molecule has 7 nitrogen and oxygen atoms in total. The van der Waals surface area contributed by atoms with Gasteiger partial charge in [0.25, 0.3) is 0 Å². The lowest BCUT2D eigenvalue weighted by molar-refractivity contribution is -0.0541. The van der Waals surface area contributed by atoms with Gasteiger partial charge in [-0.05, 0) is 28.1 Å². The van der Waals surface area contributed by atoms with Crippen molar-refractivity contribution in [3.05, 3.63) is 15.4 Å². The van der Waals surface area contributed by atoms with Crippen molar-refractivity contribution in [1.82, 2.24) is 9.55 Å². The first-order chi connectivity index (χ1) is 8.45. The molecule has 0 radical (unpaired) electrons. The average Bonchev–Trinajstić information content (AvgIpc) is 2.61. The van der Waals surface area contributed by atoms with E-state index < -0.39 is 31.1 Å². The topological polar surface area (TPSA) is 114 Å². The third-order valence-corrected chi connectivity index (χ3v) is 3.64. The van der Waals surface area contributed by atoms with Gasteiger partial charge in [0.05, 0.1) is 11.1 Å². The number of hydrogen-bond donors (Lipinski definition) is 4. The van der Waals surface area contributed by atoms with Gasteiger partial charge in [0.15, 0.2) is 6.23 Å². The Kier molecular flexibility index (Phi) is 3.99. The minimum atomic E-state index is -1.20. The van der Waals surface area contributed by atoms with Gasteiger partial charge < -0.3 is 25.8 Å². The van der Waals surface area contributed by atoms with Crippen molar-refractivity contribution in [2.45, 2.75) is 24.5 Å². The number of aliphatic hydroxyl groups is 3. The standard InChI is InChI=1S/C9H12BrN3O4S/c10-3-1-13(9(18)12-7(3)11)8-6(16)5(15)4(2-14)17-8/h1,4-6,8,14-16H,2H2,(H2,11,12,18)/t4-,5-,6-,8-/m1/s1. The van der Waals surface area contributed by atoms with Crippen molar-refractivity contribution in [1.29, 1.82) is 0 Å². The highest BCUT2D eigenvalue weighted by molar-refractivity contribution is 9.10. The molecule has 0 saturated carbocycles. The second-order valence-electron chi connectivity index (χ2n) is 3.89. The lowest BCUT2D eigenvalue weighted by Crippen LogP contribution is -2.33. The van der Waals surface area contributed by atoms with Gasteiger partial charge in [-0.2, -0.15) is 0 Å². The molecule has 1 aromatic heterocycles. The zero-order valence-corrected chi connectivity index (χ0v) is 11.5. The number of aromatic nitrogens is 2. The summed E-state index contributed by atoms with van der Waals surface area (Å²) in [5.41, 5.74) is 5.57. The van der Waals surface area contributed by atoms with Crippen molar-refractivity contribution in [3.63, 3.8) is 0 Å². The maximum absolute atomic E-state index is 9.87. The minimum Gasteiger partial charge on any atom is -0.394 e. The Balaban J connectivity index is 2.39. The molecule has 4 atom stereocenters. The van der Waals surface area contributed by atoms with E-state index in [1.807, 2.05) is 0 Å². The summed E-state index contributed by atoms with van der Waals surface area (Å²) >= 11 is 8.21. The molecule has 0 amide bonds. The normalized spacial score (nSPS) is 31.8. The molecular formula is C9H12BrN3O4S. The van der Waals surface area contributed by atoms with E-state index in [0.717, 1.165) is 0 Å². The van der Waals surface area contributed by atoms with Crippen molar-refractivity contribution in [2.24, 2.45) is 0 Å². The number of rotatable bonds is 2. The molecule has 9 heteroatoms. The molecule has 1 saturated heterocycles. The lowest BCUT2D eigenvalue weighted by Gasteiger charge is -2.18. The summed E-state index contributed by atoms with van der Waals surface area (Å²) in [5, 5.41) is 28.5. The molecule has 0 aromatic carbocycles. The maximum Gasteiger partial charge on any atom is 0.203 e. The number of nitrogen functional groups attached to an aromatic ring is 1. The summed E-state index contributed by atoms with van der Waals surface area (Å²) in [4.78, 5) is 3.90. The molecule has 0 spiro atoms. The summed E-state index contributed by atoms with van der Waals surface area (Å²) in [5.74, 6) is 0.225. The largest absolute Gasteiger partial charge is 0.394 e. The van der Waals surface area contributed by atoms with Crippen LogP contribution in [0.5, 0.6) is 0 Å². The number of aliphatic hydroxyl groups excluding tert-OH is 3. The molecule has 1 fully saturated rings. The van der Waals surface area contributed by atoms with E-state index in [4.69, 9.17) is 27.8 Å². The van der Waals surface area contributed by atoms with Crippen molar-refractivity contribution in [2.75, 3.05) is 12.3 Å². The second-order valence-corrected chi connectivity index (χ2v) is 5.11. The van der Waals surface area contributed by atoms with Crippen LogP contribution in [0.15, 0.2) is 10.7 Å². The molecule has 2 rings (SSSR count). The minimum absolute atomic E-state index is 0.116. The molecular weight excluding hydrogens is 326 g/mol. The van der Waals surface area contributed by atoms with E-state index in [-0.39, 0.29) is 10.6 Å². The second kappa shape index (κ2) is 5.19. The zero-order valence-electron chi connectivity index (χ0n) is 9.10. The van der Waals surface area contributed by atoms with Crippen LogP contribution < -0.4 is 5.73 Å².